The molecule has 0 aliphatic carbocycles. The molecular weight excluding hydrogens is 310 g/mol. The summed E-state index contributed by atoms with van der Waals surface area (Å²) in [5.41, 5.74) is 2.61. The highest BCUT2D eigenvalue weighted by Gasteiger charge is 2.30. The lowest BCUT2D eigenvalue weighted by Gasteiger charge is -2.37. The van der Waals surface area contributed by atoms with Crippen molar-refractivity contribution in [3.8, 4) is 0 Å². The maximum atomic E-state index is 13.6. The maximum Gasteiger partial charge on any atom is 0.223 e. The van der Waals surface area contributed by atoms with Gasteiger partial charge in [-0.2, -0.15) is 0 Å². The van der Waals surface area contributed by atoms with Crippen LogP contribution in [-0.4, -0.2) is 22.3 Å². The molecule has 2 heterocycles. The quantitative estimate of drug-likeness (QED) is 0.854. The summed E-state index contributed by atoms with van der Waals surface area (Å²) in [7, 11) is 0. The fraction of sp³-hybridized carbons (Fsp3) is 0.368. The Morgan fingerprint density at radius 2 is 1.96 bits per heavy atom. The van der Waals surface area contributed by atoms with Crippen molar-refractivity contribution in [3.63, 3.8) is 0 Å². The van der Waals surface area contributed by atoms with Crippen LogP contribution in [-0.2, 0) is 17.6 Å². The van der Waals surface area contributed by atoms with Crippen molar-refractivity contribution in [2.75, 3.05) is 6.54 Å². The van der Waals surface area contributed by atoms with Gasteiger partial charge in [-0.25, -0.2) is 8.78 Å². The molecule has 1 atom stereocenters. The normalized spacial score (nSPS) is 16.8. The third-order valence-electron chi connectivity index (χ3n) is 4.62. The van der Waals surface area contributed by atoms with E-state index in [-0.39, 0.29) is 11.9 Å². The van der Waals surface area contributed by atoms with Gasteiger partial charge in [0.2, 0.25) is 5.91 Å². The Morgan fingerprint density at radius 1 is 1.25 bits per heavy atom. The Kier molecular flexibility index (Phi) is 4.88. The molecule has 1 aromatic heterocycles. The topological polar surface area (TPSA) is 33.2 Å². The number of pyridine rings is 1. The van der Waals surface area contributed by atoms with Crippen molar-refractivity contribution in [1.29, 1.82) is 0 Å². The van der Waals surface area contributed by atoms with Crippen LogP contribution in [0.25, 0.3) is 0 Å². The predicted molar refractivity (Wildman–Crippen MR) is 87.4 cm³/mol. The van der Waals surface area contributed by atoms with Gasteiger partial charge in [0, 0.05) is 25.4 Å². The zero-order chi connectivity index (χ0) is 17.1. The molecule has 0 radical (unpaired) electrons. The molecule has 1 amide bonds. The predicted octanol–water partition coefficient (Wildman–Crippen LogP) is 3.83. The van der Waals surface area contributed by atoms with Gasteiger partial charge in [-0.3, -0.25) is 9.78 Å². The molecule has 0 saturated heterocycles. The van der Waals surface area contributed by atoms with Crippen LogP contribution >= 0.6 is 0 Å². The van der Waals surface area contributed by atoms with Gasteiger partial charge >= 0.3 is 0 Å². The Morgan fingerprint density at radius 3 is 2.67 bits per heavy atom. The number of halogens is 2. The minimum absolute atomic E-state index is 0.0500. The van der Waals surface area contributed by atoms with Crippen LogP contribution in [0, 0.1) is 11.6 Å². The minimum atomic E-state index is -0.849. The molecule has 3 nitrogen and oxygen atoms in total. The van der Waals surface area contributed by atoms with E-state index in [9.17, 15) is 13.6 Å². The Labute approximate surface area is 140 Å². The highest BCUT2D eigenvalue weighted by Crippen LogP contribution is 2.34. The first-order valence-electron chi connectivity index (χ1n) is 8.26. The Balaban J connectivity index is 1.76. The van der Waals surface area contributed by atoms with Crippen molar-refractivity contribution < 1.29 is 13.6 Å². The van der Waals surface area contributed by atoms with Gasteiger partial charge in [0.1, 0.15) is 0 Å². The van der Waals surface area contributed by atoms with Crippen molar-refractivity contribution in [3.05, 3.63) is 65.0 Å². The van der Waals surface area contributed by atoms with Gasteiger partial charge in [0.15, 0.2) is 11.6 Å². The van der Waals surface area contributed by atoms with Gasteiger partial charge in [0.25, 0.3) is 0 Å². The van der Waals surface area contributed by atoms with E-state index in [1.807, 2.05) is 19.1 Å². The summed E-state index contributed by atoms with van der Waals surface area (Å²) in [5, 5.41) is 0. The molecule has 3 rings (SSSR count). The molecule has 1 aliphatic rings. The number of benzene rings is 1. The molecule has 1 unspecified atom stereocenters. The van der Waals surface area contributed by atoms with Crippen LogP contribution in [0.4, 0.5) is 8.78 Å². The summed E-state index contributed by atoms with van der Waals surface area (Å²) >= 11 is 0. The maximum absolute atomic E-state index is 13.6. The molecule has 5 heteroatoms. The first kappa shape index (κ1) is 16.6. The lowest BCUT2D eigenvalue weighted by Crippen LogP contribution is -2.40. The number of rotatable bonds is 4. The van der Waals surface area contributed by atoms with Crippen LogP contribution < -0.4 is 0 Å². The zero-order valence-electron chi connectivity index (χ0n) is 13.6. The van der Waals surface area contributed by atoms with E-state index in [0.717, 1.165) is 16.7 Å². The Bertz CT molecular complexity index is 734. The second kappa shape index (κ2) is 7.07. The fourth-order valence-electron chi connectivity index (χ4n) is 3.38. The number of nitrogens with zero attached hydrogens (tertiary/aromatic N) is 2. The van der Waals surface area contributed by atoms with E-state index in [4.69, 9.17) is 0 Å². The average molecular weight is 330 g/mol. The van der Waals surface area contributed by atoms with E-state index >= 15 is 0 Å². The summed E-state index contributed by atoms with van der Waals surface area (Å²) in [6, 6.07) is 6.13. The third kappa shape index (κ3) is 3.30. The van der Waals surface area contributed by atoms with Crippen LogP contribution in [0.3, 0.4) is 0 Å². The van der Waals surface area contributed by atoms with Crippen molar-refractivity contribution >= 4 is 5.91 Å². The second-order valence-corrected chi connectivity index (χ2v) is 6.08. The van der Waals surface area contributed by atoms with Gasteiger partial charge in [0.05, 0.1) is 6.04 Å². The number of aryl methyl sites for hydroxylation is 1. The van der Waals surface area contributed by atoms with Crippen LogP contribution in [0.1, 0.15) is 42.5 Å². The standard InChI is InChI=1S/C19H20F2N2O/c1-2-18-15-12-17(21)16(20)11-14(15)7-10-23(18)19(24)4-3-13-5-8-22-9-6-13/h5-6,8-9,11-12,18H,2-4,7,10H2,1H3. The first-order valence-corrected chi connectivity index (χ1v) is 8.26. The lowest BCUT2D eigenvalue weighted by atomic mass is 9.90. The monoisotopic (exact) mass is 330 g/mol. The van der Waals surface area contributed by atoms with Gasteiger partial charge in [-0.15, -0.1) is 0 Å². The van der Waals surface area contributed by atoms with Gasteiger partial charge in [-0.05, 0) is 60.2 Å². The van der Waals surface area contributed by atoms with Crippen LogP contribution in [0.2, 0.25) is 0 Å². The molecular formula is C19H20F2N2O. The number of fused-ring (bicyclic) bond motifs is 1. The summed E-state index contributed by atoms with van der Waals surface area (Å²) < 4.78 is 27.1. The zero-order valence-corrected chi connectivity index (χ0v) is 13.6. The number of carbonyl (C=O) groups excluding carboxylic acids is 1. The van der Waals surface area contributed by atoms with E-state index in [2.05, 4.69) is 4.98 Å². The number of hydrogen-bond donors (Lipinski definition) is 0. The molecule has 126 valence electrons. The molecule has 0 fully saturated rings. The number of aromatic nitrogens is 1. The molecule has 0 spiro atoms. The van der Waals surface area contributed by atoms with Crippen LogP contribution in [0.5, 0.6) is 0 Å². The number of amides is 1. The number of hydrogen-bond acceptors (Lipinski definition) is 2. The van der Waals surface area contributed by atoms with E-state index < -0.39 is 11.6 Å². The van der Waals surface area contributed by atoms with Gasteiger partial charge in [-0.1, -0.05) is 6.92 Å². The molecule has 24 heavy (non-hydrogen) atoms. The number of carbonyl (C=O) groups is 1. The second-order valence-electron chi connectivity index (χ2n) is 6.08. The lowest BCUT2D eigenvalue weighted by molar-refractivity contribution is -0.134. The molecule has 1 aliphatic heterocycles. The summed E-state index contributed by atoms with van der Waals surface area (Å²) in [4.78, 5) is 18.4. The summed E-state index contributed by atoms with van der Waals surface area (Å²) in [6.45, 7) is 2.51. The van der Waals surface area contributed by atoms with Crippen molar-refractivity contribution in [1.82, 2.24) is 9.88 Å². The molecule has 1 aromatic carbocycles. The largest absolute Gasteiger partial charge is 0.335 e. The summed E-state index contributed by atoms with van der Waals surface area (Å²) in [6.07, 6.45) is 5.72. The van der Waals surface area contributed by atoms with Crippen molar-refractivity contribution in [2.24, 2.45) is 0 Å². The highest BCUT2D eigenvalue weighted by molar-refractivity contribution is 5.77. The van der Waals surface area contributed by atoms with Crippen LogP contribution in [0.15, 0.2) is 36.7 Å². The first-order chi connectivity index (χ1) is 11.6. The average Bonchev–Trinajstić information content (AvgIpc) is 2.60. The summed E-state index contributed by atoms with van der Waals surface area (Å²) in [5.74, 6) is -1.62. The third-order valence-corrected chi connectivity index (χ3v) is 4.62. The molecule has 0 saturated carbocycles. The Hall–Kier alpha value is -2.30. The molecule has 2 aromatic rings. The SMILES string of the molecule is CCC1c2cc(F)c(F)cc2CCN1C(=O)CCc1ccncc1. The van der Waals surface area contributed by atoms with E-state index in [1.165, 1.54) is 12.1 Å². The molecule has 0 bridgehead atoms. The van der Waals surface area contributed by atoms with Gasteiger partial charge < -0.3 is 4.90 Å². The molecule has 0 N–H and O–H groups in total. The van der Waals surface area contributed by atoms with E-state index in [1.54, 1.807) is 17.3 Å². The smallest absolute Gasteiger partial charge is 0.223 e. The van der Waals surface area contributed by atoms with E-state index in [0.29, 0.717) is 32.2 Å². The highest BCUT2D eigenvalue weighted by atomic mass is 19.2. The van der Waals surface area contributed by atoms with Crippen molar-refractivity contribution in [2.45, 2.75) is 38.6 Å². The minimum Gasteiger partial charge on any atom is -0.335 e. The fourth-order valence-corrected chi connectivity index (χ4v) is 3.38.